The minimum Gasteiger partial charge on any atom is -0.300 e. The molecule has 0 aliphatic heterocycles. The van der Waals surface area contributed by atoms with E-state index < -0.39 is 11.6 Å². The average molecular weight is 252 g/mol. The second-order valence-corrected chi connectivity index (χ2v) is 5.04. The summed E-state index contributed by atoms with van der Waals surface area (Å²) in [6.07, 6.45) is 3.59. The first-order valence-electron chi connectivity index (χ1n) is 6.61. The highest BCUT2D eigenvalue weighted by molar-refractivity contribution is 5.79. The molecule has 98 valence electrons. The van der Waals surface area contributed by atoms with Crippen molar-refractivity contribution in [1.29, 1.82) is 0 Å². The molecular formula is C15H18F2O. The van der Waals surface area contributed by atoms with Gasteiger partial charge in [-0.05, 0) is 42.9 Å². The molecule has 1 aromatic carbocycles. The summed E-state index contributed by atoms with van der Waals surface area (Å²) < 4.78 is 28.0. The van der Waals surface area contributed by atoms with Crippen LogP contribution in [0.25, 0.3) is 0 Å². The molecule has 1 fully saturated rings. The standard InChI is InChI=1S/C15H18F2O/c1-2-3-10-8-13(16)15(14(17)9-10)11-4-6-12(18)7-5-11/h8-9,11H,2-7H2,1H3. The van der Waals surface area contributed by atoms with Crippen LogP contribution in [-0.2, 0) is 11.2 Å². The lowest BCUT2D eigenvalue weighted by molar-refractivity contribution is -0.120. The van der Waals surface area contributed by atoms with Gasteiger partial charge in [0.25, 0.3) is 0 Å². The molecule has 0 aromatic heterocycles. The van der Waals surface area contributed by atoms with E-state index in [1.807, 2.05) is 6.92 Å². The van der Waals surface area contributed by atoms with E-state index in [4.69, 9.17) is 0 Å². The number of halogens is 2. The SMILES string of the molecule is CCCc1cc(F)c(C2CCC(=O)CC2)c(F)c1. The van der Waals surface area contributed by atoms with Gasteiger partial charge in [0.1, 0.15) is 17.4 Å². The lowest BCUT2D eigenvalue weighted by Gasteiger charge is -2.22. The Hall–Kier alpha value is -1.25. The lowest BCUT2D eigenvalue weighted by atomic mass is 9.82. The summed E-state index contributed by atoms with van der Waals surface area (Å²) in [5, 5.41) is 0. The number of Topliss-reactive ketones (excluding diaryl/α,β-unsaturated/α-hetero) is 1. The van der Waals surface area contributed by atoms with Crippen molar-refractivity contribution in [3.8, 4) is 0 Å². The van der Waals surface area contributed by atoms with Gasteiger partial charge in [-0.1, -0.05) is 13.3 Å². The van der Waals surface area contributed by atoms with Gasteiger partial charge in [-0.25, -0.2) is 8.78 Å². The number of aryl methyl sites for hydroxylation is 1. The maximum absolute atomic E-state index is 14.0. The van der Waals surface area contributed by atoms with Crippen LogP contribution >= 0.6 is 0 Å². The van der Waals surface area contributed by atoms with Crippen molar-refractivity contribution >= 4 is 5.78 Å². The zero-order valence-electron chi connectivity index (χ0n) is 10.6. The van der Waals surface area contributed by atoms with E-state index in [-0.39, 0.29) is 17.3 Å². The smallest absolute Gasteiger partial charge is 0.132 e. The zero-order valence-corrected chi connectivity index (χ0v) is 10.6. The van der Waals surface area contributed by atoms with Crippen LogP contribution in [-0.4, -0.2) is 5.78 Å². The maximum Gasteiger partial charge on any atom is 0.132 e. The van der Waals surface area contributed by atoms with Crippen molar-refractivity contribution in [2.24, 2.45) is 0 Å². The molecule has 2 rings (SSSR count). The number of rotatable bonds is 3. The molecule has 0 spiro atoms. The highest BCUT2D eigenvalue weighted by atomic mass is 19.1. The monoisotopic (exact) mass is 252 g/mol. The fourth-order valence-corrected chi connectivity index (χ4v) is 2.69. The van der Waals surface area contributed by atoms with E-state index >= 15 is 0 Å². The molecule has 1 aliphatic carbocycles. The molecule has 0 unspecified atom stereocenters. The zero-order chi connectivity index (χ0) is 13.1. The predicted octanol–water partition coefficient (Wildman–Crippen LogP) is 4.14. The van der Waals surface area contributed by atoms with Crippen LogP contribution in [0.1, 0.15) is 56.1 Å². The quantitative estimate of drug-likeness (QED) is 0.790. The summed E-state index contributed by atoms with van der Waals surface area (Å²) in [5.74, 6) is -0.830. The number of ketones is 1. The molecular weight excluding hydrogens is 234 g/mol. The van der Waals surface area contributed by atoms with Gasteiger partial charge in [-0.3, -0.25) is 4.79 Å². The molecule has 3 heteroatoms. The fraction of sp³-hybridized carbons (Fsp3) is 0.533. The molecule has 0 bridgehead atoms. The molecule has 1 aromatic rings. The highest BCUT2D eigenvalue weighted by Crippen LogP contribution is 2.34. The third-order valence-electron chi connectivity index (χ3n) is 3.63. The van der Waals surface area contributed by atoms with Gasteiger partial charge in [-0.15, -0.1) is 0 Å². The van der Waals surface area contributed by atoms with Gasteiger partial charge in [0.15, 0.2) is 0 Å². The number of hydrogen-bond acceptors (Lipinski definition) is 1. The second kappa shape index (κ2) is 5.59. The molecule has 0 radical (unpaired) electrons. The van der Waals surface area contributed by atoms with Crippen LogP contribution < -0.4 is 0 Å². The summed E-state index contributed by atoms with van der Waals surface area (Å²) >= 11 is 0. The number of carbonyl (C=O) groups excluding carboxylic acids is 1. The number of hydrogen-bond donors (Lipinski definition) is 0. The molecule has 0 heterocycles. The van der Waals surface area contributed by atoms with Crippen molar-refractivity contribution in [1.82, 2.24) is 0 Å². The second-order valence-electron chi connectivity index (χ2n) is 5.04. The van der Waals surface area contributed by atoms with Crippen LogP contribution in [0.5, 0.6) is 0 Å². The minimum atomic E-state index is -0.446. The number of benzene rings is 1. The molecule has 0 saturated heterocycles. The first-order chi connectivity index (χ1) is 8.61. The first-order valence-corrected chi connectivity index (χ1v) is 6.61. The van der Waals surface area contributed by atoms with Crippen molar-refractivity contribution in [2.45, 2.75) is 51.4 Å². The van der Waals surface area contributed by atoms with E-state index in [1.165, 1.54) is 12.1 Å². The van der Waals surface area contributed by atoms with Crippen LogP contribution in [0.3, 0.4) is 0 Å². The van der Waals surface area contributed by atoms with Gasteiger partial charge < -0.3 is 0 Å². The Balaban J connectivity index is 2.25. The molecule has 0 N–H and O–H groups in total. The lowest BCUT2D eigenvalue weighted by Crippen LogP contribution is -2.15. The van der Waals surface area contributed by atoms with Crippen LogP contribution in [0.4, 0.5) is 8.78 Å². The minimum absolute atomic E-state index is 0.140. The third kappa shape index (κ3) is 2.77. The van der Waals surface area contributed by atoms with E-state index in [9.17, 15) is 13.6 Å². The normalized spacial score (nSPS) is 17.2. The first kappa shape index (κ1) is 13.2. The fourth-order valence-electron chi connectivity index (χ4n) is 2.69. The third-order valence-corrected chi connectivity index (χ3v) is 3.63. The van der Waals surface area contributed by atoms with Crippen molar-refractivity contribution in [2.75, 3.05) is 0 Å². The molecule has 1 nitrogen and oxygen atoms in total. The summed E-state index contributed by atoms with van der Waals surface area (Å²) in [6.45, 7) is 1.98. The van der Waals surface area contributed by atoms with E-state index in [0.29, 0.717) is 37.7 Å². The van der Waals surface area contributed by atoms with E-state index in [0.717, 1.165) is 6.42 Å². The van der Waals surface area contributed by atoms with Crippen LogP contribution in [0.15, 0.2) is 12.1 Å². The average Bonchev–Trinajstić information content (AvgIpc) is 2.31. The van der Waals surface area contributed by atoms with E-state index in [2.05, 4.69) is 0 Å². The topological polar surface area (TPSA) is 17.1 Å². The Morgan fingerprint density at radius 1 is 1.17 bits per heavy atom. The largest absolute Gasteiger partial charge is 0.300 e. The Labute approximate surface area is 106 Å². The highest BCUT2D eigenvalue weighted by Gasteiger charge is 2.25. The Bertz CT molecular complexity index is 421. The van der Waals surface area contributed by atoms with Crippen LogP contribution in [0, 0.1) is 11.6 Å². The molecule has 0 amide bonds. The van der Waals surface area contributed by atoms with Gasteiger partial charge in [-0.2, -0.15) is 0 Å². The Morgan fingerprint density at radius 2 is 1.72 bits per heavy atom. The van der Waals surface area contributed by atoms with E-state index in [1.54, 1.807) is 0 Å². The number of carbonyl (C=O) groups is 1. The predicted molar refractivity (Wildman–Crippen MR) is 66.6 cm³/mol. The van der Waals surface area contributed by atoms with Gasteiger partial charge in [0, 0.05) is 18.4 Å². The summed E-state index contributed by atoms with van der Waals surface area (Å²) in [6, 6.07) is 2.89. The molecule has 1 aliphatic rings. The molecule has 0 atom stereocenters. The summed E-state index contributed by atoms with van der Waals surface area (Å²) in [7, 11) is 0. The Kier molecular flexibility index (Phi) is 4.10. The van der Waals surface area contributed by atoms with Gasteiger partial charge in [0.05, 0.1) is 0 Å². The van der Waals surface area contributed by atoms with Gasteiger partial charge >= 0.3 is 0 Å². The molecule has 1 saturated carbocycles. The van der Waals surface area contributed by atoms with Crippen molar-refractivity contribution < 1.29 is 13.6 Å². The summed E-state index contributed by atoms with van der Waals surface area (Å²) in [4.78, 5) is 11.2. The molecule has 18 heavy (non-hydrogen) atoms. The maximum atomic E-state index is 14.0. The Morgan fingerprint density at radius 3 is 2.22 bits per heavy atom. The summed E-state index contributed by atoms with van der Waals surface area (Å²) in [5.41, 5.74) is 0.894. The van der Waals surface area contributed by atoms with Crippen LogP contribution in [0.2, 0.25) is 0 Å². The van der Waals surface area contributed by atoms with Crippen molar-refractivity contribution in [3.05, 3.63) is 34.9 Å². The van der Waals surface area contributed by atoms with Gasteiger partial charge in [0.2, 0.25) is 0 Å². The van der Waals surface area contributed by atoms with Crippen molar-refractivity contribution in [3.63, 3.8) is 0 Å².